The topological polar surface area (TPSA) is 113 Å². The summed E-state index contributed by atoms with van der Waals surface area (Å²) in [5.74, 6) is -1.78. The van der Waals surface area contributed by atoms with Crippen molar-refractivity contribution in [2.45, 2.75) is 4.90 Å². The molecule has 0 bridgehead atoms. The molecular weight excluding hydrogens is 338 g/mol. The summed E-state index contributed by atoms with van der Waals surface area (Å²) < 4.78 is 40.6. The SMILES string of the molecule is NS(=O)(=O)c1cc([N+](=O)[O-])c(OC/C(Cl)=C/Cl)cc1F. The van der Waals surface area contributed by atoms with Gasteiger partial charge in [-0.25, -0.2) is 17.9 Å². The van der Waals surface area contributed by atoms with Crippen molar-refractivity contribution < 1.29 is 22.5 Å². The van der Waals surface area contributed by atoms with E-state index in [4.69, 9.17) is 33.1 Å². The standard InChI is InChI=1S/C9H7Cl2FN2O5S/c10-3-5(11)4-19-8-1-6(12)9(20(13,17)18)2-7(8)14(15)16/h1-3H,4H2,(H2,13,17,18)/b5-3-. The van der Waals surface area contributed by atoms with Gasteiger partial charge in [0, 0.05) is 17.7 Å². The van der Waals surface area contributed by atoms with Crippen LogP contribution in [0.15, 0.2) is 27.6 Å². The minimum atomic E-state index is -4.44. The molecule has 1 aromatic carbocycles. The molecule has 0 radical (unpaired) electrons. The highest BCUT2D eigenvalue weighted by atomic mass is 35.5. The van der Waals surface area contributed by atoms with E-state index in [2.05, 4.69) is 0 Å². The minimum Gasteiger partial charge on any atom is -0.481 e. The Morgan fingerprint density at radius 2 is 2.15 bits per heavy atom. The van der Waals surface area contributed by atoms with Crippen LogP contribution in [0.5, 0.6) is 5.75 Å². The van der Waals surface area contributed by atoms with Crippen molar-refractivity contribution in [3.05, 3.63) is 38.6 Å². The fourth-order valence-electron chi connectivity index (χ4n) is 1.18. The maximum absolute atomic E-state index is 13.6. The zero-order valence-corrected chi connectivity index (χ0v) is 11.9. The van der Waals surface area contributed by atoms with Gasteiger partial charge in [-0.05, 0) is 0 Å². The Hall–Kier alpha value is -1.42. The predicted octanol–water partition coefficient (Wildman–Crippen LogP) is 2.08. The maximum Gasteiger partial charge on any atom is 0.312 e. The quantitative estimate of drug-likeness (QED) is 0.648. The third-order valence-corrected chi connectivity index (χ3v) is 3.52. The number of sulfonamides is 1. The van der Waals surface area contributed by atoms with Crippen LogP contribution in [0.25, 0.3) is 0 Å². The monoisotopic (exact) mass is 344 g/mol. The molecule has 0 aliphatic heterocycles. The summed E-state index contributed by atoms with van der Waals surface area (Å²) in [5, 5.41) is 15.6. The van der Waals surface area contributed by atoms with Gasteiger partial charge in [0.1, 0.15) is 17.3 Å². The number of hydrogen-bond donors (Lipinski definition) is 1. The number of rotatable bonds is 5. The lowest BCUT2D eigenvalue weighted by Crippen LogP contribution is -2.15. The van der Waals surface area contributed by atoms with E-state index >= 15 is 0 Å². The number of nitrogens with zero attached hydrogens (tertiary/aromatic N) is 1. The summed E-state index contributed by atoms with van der Waals surface area (Å²) in [7, 11) is -4.44. The van der Waals surface area contributed by atoms with Gasteiger partial charge in [0.15, 0.2) is 5.75 Å². The first kappa shape index (κ1) is 16.6. The van der Waals surface area contributed by atoms with Crippen LogP contribution in [-0.2, 0) is 10.0 Å². The van der Waals surface area contributed by atoms with Crippen molar-refractivity contribution in [1.82, 2.24) is 0 Å². The number of primary sulfonamides is 1. The normalized spacial score (nSPS) is 12.3. The second kappa shape index (κ2) is 6.35. The van der Waals surface area contributed by atoms with E-state index in [0.717, 1.165) is 5.54 Å². The van der Waals surface area contributed by atoms with Crippen molar-refractivity contribution >= 4 is 38.9 Å². The number of hydrogen-bond acceptors (Lipinski definition) is 5. The first-order valence-corrected chi connectivity index (χ1v) is 7.11. The van der Waals surface area contributed by atoms with E-state index in [9.17, 15) is 22.9 Å². The molecule has 0 saturated carbocycles. The number of halogens is 3. The molecule has 0 unspecified atom stereocenters. The van der Waals surface area contributed by atoms with Crippen LogP contribution in [0.3, 0.4) is 0 Å². The van der Waals surface area contributed by atoms with Gasteiger partial charge in [-0.15, -0.1) is 0 Å². The van der Waals surface area contributed by atoms with Crippen LogP contribution in [0.2, 0.25) is 0 Å². The molecule has 2 N–H and O–H groups in total. The Morgan fingerprint density at radius 1 is 1.55 bits per heavy atom. The largest absolute Gasteiger partial charge is 0.481 e. The Labute approximate surface area is 122 Å². The summed E-state index contributed by atoms with van der Waals surface area (Å²) in [6.07, 6.45) is 0. The number of benzene rings is 1. The van der Waals surface area contributed by atoms with Gasteiger partial charge in [0.2, 0.25) is 10.0 Å². The number of ether oxygens (including phenoxy) is 1. The number of nitro groups is 1. The van der Waals surface area contributed by atoms with Crippen LogP contribution < -0.4 is 9.88 Å². The van der Waals surface area contributed by atoms with Gasteiger partial charge < -0.3 is 4.74 Å². The van der Waals surface area contributed by atoms with E-state index in [1.165, 1.54) is 0 Å². The first-order valence-electron chi connectivity index (χ1n) is 4.75. The smallest absolute Gasteiger partial charge is 0.312 e. The minimum absolute atomic E-state index is 0.0110. The molecule has 0 atom stereocenters. The Morgan fingerprint density at radius 3 is 2.60 bits per heavy atom. The predicted molar refractivity (Wildman–Crippen MR) is 69.7 cm³/mol. The first-order chi connectivity index (χ1) is 9.16. The van der Waals surface area contributed by atoms with Crippen LogP contribution in [0.4, 0.5) is 10.1 Å². The Balaban J connectivity index is 3.32. The molecule has 0 aliphatic rings. The third-order valence-electron chi connectivity index (χ3n) is 2.00. The van der Waals surface area contributed by atoms with Crippen LogP contribution in [-0.4, -0.2) is 19.9 Å². The fourth-order valence-corrected chi connectivity index (χ4v) is 1.90. The van der Waals surface area contributed by atoms with Gasteiger partial charge in [-0.1, -0.05) is 23.2 Å². The van der Waals surface area contributed by atoms with E-state index in [-0.39, 0.29) is 11.6 Å². The van der Waals surface area contributed by atoms with E-state index in [0.29, 0.717) is 12.1 Å². The highest BCUT2D eigenvalue weighted by Gasteiger charge is 2.25. The van der Waals surface area contributed by atoms with Gasteiger partial charge in [-0.2, -0.15) is 0 Å². The molecule has 1 aromatic rings. The molecule has 0 heterocycles. The van der Waals surface area contributed by atoms with Crippen LogP contribution >= 0.6 is 23.2 Å². The van der Waals surface area contributed by atoms with Crippen LogP contribution in [0, 0.1) is 15.9 Å². The molecule has 0 fully saturated rings. The molecule has 11 heteroatoms. The lowest BCUT2D eigenvalue weighted by Gasteiger charge is -2.08. The summed E-state index contributed by atoms with van der Waals surface area (Å²) in [5.41, 5.74) is 0.192. The second-order valence-corrected chi connectivity index (χ2v) is 5.63. The second-order valence-electron chi connectivity index (χ2n) is 3.40. The van der Waals surface area contributed by atoms with Crippen molar-refractivity contribution in [2.24, 2.45) is 5.14 Å². The lowest BCUT2D eigenvalue weighted by atomic mass is 10.3. The molecule has 0 aliphatic carbocycles. The van der Waals surface area contributed by atoms with E-state index in [1.807, 2.05) is 0 Å². The van der Waals surface area contributed by atoms with E-state index in [1.54, 1.807) is 0 Å². The molecule has 7 nitrogen and oxygen atoms in total. The maximum atomic E-state index is 13.6. The lowest BCUT2D eigenvalue weighted by molar-refractivity contribution is -0.386. The molecule has 0 amide bonds. The molecule has 0 aromatic heterocycles. The highest BCUT2D eigenvalue weighted by molar-refractivity contribution is 7.89. The zero-order valence-electron chi connectivity index (χ0n) is 9.55. The van der Waals surface area contributed by atoms with Gasteiger partial charge in [0.05, 0.1) is 9.96 Å². The van der Waals surface area contributed by atoms with Gasteiger partial charge >= 0.3 is 5.69 Å². The van der Waals surface area contributed by atoms with Crippen molar-refractivity contribution in [1.29, 1.82) is 0 Å². The van der Waals surface area contributed by atoms with E-state index < -0.39 is 37.1 Å². The van der Waals surface area contributed by atoms with Crippen molar-refractivity contribution in [2.75, 3.05) is 6.61 Å². The average molecular weight is 345 g/mol. The van der Waals surface area contributed by atoms with Crippen molar-refractivity contribution in [3.8, 4) is 5.75 Å². The van der Waals surface area contributed by atoms with Crippen LogP contribution in [0.1, 0.15) is 0 Å². The Bertz CT molecular complexity index is 677. The number of nitrogens with two attached hydrogens (primary N) is 1. The molecular formula is C9H7Cl2FN2O5S. The summed E-state index contributed by atoms with van der Waals surface area (Å²) in [6.45, 7) is -0.347. The van der Waals surface area contributed by atoms with Gasteiger partial charge in [0.25, 0.3) is 0 Å². The molecule has 20 heavy (non-hydrogen) atoms. The molecule has 1 rings (SSSR count). The average Bonchev–Trinajstić information content (AvgIpc) is 2.33. The molecule has 0 spiro atoms. The highest BCUT2D eigenvalue weighted by Crippen LogP contribution is 2.32. The molecule has 110 valence electrons. The summed E-state index contributed by atoms with van der Waals surface area (Å²) in [4.78, 5) is 8.87. The summed E-state index contributed by atoms with van der Waals surface area (Å²) >= 11 is 10.8. The number of nitro benzene ring substituents is 1. The summed E-state index contributed by atoms with van der Waals surface area (Å²) in [6, 6.07) is 1.01. The zero-order chi connectivity index (χ0) is 15.5. The van der Waals surface area contributed by atoms with Crippen molar-refractivity contribution in [3.63, 3.8) is 0 Å². The third kappa shape index (κ3) is 4.04. The fraction of sp³-hybridized carbons (Fsp3) is 0.111. The Kier molecular flexibility index (Phi) is 5.28. The molecule has 0 saturated heterocycles. The van der Waals surface area contributed by atoms with Gasteiger partial charge in [-0.3, -0.25) is 10.1 Å².